The average molecular weight is 249 g/mol. The monoisotopic (exact) mass is 249 g/mol. The lowest BCUT2D eigenvalue weighted by atomic mass is 10.1. The van der Waals surface area contributed by atoms with E-state index in [1.165, 1.54) is 11.8 Å². The lowest BCUT2D eigenvalue weighted by Gasteiger charge is -2.22. The number of hydrogen-bond acceptors (Lipinski definition) is 4. The van der Waals surface area contributed by atoms with Gasteiger partial charge in [0.15, 0.2) is 11.3 Å². The summed E-state index contributed by atoms with van der Waals surface area (Å²) < 4.78 is 0. The molecule has 0 aliphatic carbocycles. The topological polar surface area (TPSA) is 44.7 Å². The van der Waals surface area contributed by atoms with E-state index in [-0.39, 0.29) is 12.1 Å². The largest absolute Gasteiger partial charge is 0.273 e. The molecule has 4 nitrogen and oxygen atoms in total. The summed E-state index contributed by atoms with van der Waals surface area (Å²) in [4.78, 5) is 16.3. The summed E-state index contributed by atoms with van der Waals surface area (Å²) in [6, 6.07) is 9.83. The van der Waals surface area contributed by atoms with Gasteiger partial charge in [0.25, 0.3) is 0 Å². The van der Waals surface area contributed by atoms with Crippen molar-refractivity contribution >= 4 is 22.8 Å². The van der Waals surface area contributed by atoms with Crippen LogP contribution >= 0.6 is 11.8 Å². The van der Waals surface area contributed by atoms with E-state index in [4.69, 9.17) is 0 Å². The van der Waals surface area contributed by atoms with Gasteiger partial charge < -0.3 is 0 Å². The number of nitrogens with one attached hydrogen (secondary N) is 1. The number of rotatable bonds is 2. The van der Waals surface area contributed by atoms with Gasteiger partial charge in [-0.1, -0.05) is 49.0 Å². The molecule has 1 aromatic carbocycles. The molecule has 0 spiro atoms. The predicted molar refractivity (Wildman–Crippen MR) is 70.4 cm³/mol. The van der Waals surface area contributed by atoms with Crippen molar-refractivity contribution < 1.29 is 4.79 Å². The molecule has 0 bridgehead atoms. The van der Waals surface area contributed by atoms with Crippen molar-refractivity contribution in [3.63, 3.8) is 0 Å². The Morgan fingerprint density at radius 2 is 2.18 bits per heavy atom. The lowest BCUT2D eigenvalue weighted by Crippen LogP contribution is -2.41. The van der Waals surface area contributed by atoms with Crippen LogP contribution in [0.5, 0.6) is 0 Å². The first-order chi connectivity index (χ1) is 8.26. The van der Waals surface area contributed by atoms with Gasteiger partial charge >= 0.3 is 0 Å². The van der Waals surface area contributed by atoms with Crippen molar-refractivity contribution in [3.8, 4) is 0 Å². The third-order valence-corrected chi connectivity index (χ3v) is 3.15. The Kier molecular flexibility index (Phi) is 3.68. The smallest absolute Gasteiger partial charge is 0.243 e. The average Bonchev–Trinajstić information content (AvgIpc) is 2.83. The van der Waals surface area contributed by atoms with Crippen molar-refractivity contribution in [3.05, 3.63) is 35.9 Å². The molecule has 1 aliphatic rings. The van der Waals surface area contributed by atoms with E-state index in [0.29, 0.717) is 6.42 Å². The molecule has 17 heavy (non-hydrogen) atoms. The summed E-state index contributed by atoms with van der Waals surface area (Å²) in [7, 11) is 0. The lowest BCUT2D eigenvalue weighted by molar-refractivity contribution is -0.134. The van der Waals surface area contributed by atoms with E-state index in [2.05, 4.69) is 10.4 Å². The number of aliphatic imine (C=N–C) groups is 1. The molecule has 1 amide bonds. The van der Waals surface area contributed by atoms with Crippen LogP contribution in [0.1, 0.15) is 25.1 Å². The minimum atomic E-state index is -0.244. The van der Waals surface area contributed by atoms with Crippen LogP contribution in [-0.2, 0) is 4.79 Å². The van der Waals surface area contributed by atoms with Crippen LogP contribution in [0.25, 0.3) is 0 Å². The number of carbonyl (C=O) groups excluding carboxylic acids is 1. The molecular formula is C12H15N3OS. The van der Waals surface area contributed by atoms with E-state index >= 15 is 0 Å². The number of carbonyl (C=O) groups is 1. The SMILES string of the molecule is CCC(=O)N1NC(SC)=NC1c1ccccc1. The predicted octanol–water partition coefficient (Wildman–Crippen LogP) is 2.16. The Labute approximate surface area is 105 Å². The van der Waals surface area contributed by atoms with Gasteiger partial charge in [-0.2, -0.15) is 0 Å². The molecule has 1 N–H and O–H groups in total. The minimum absolute atomic E-state index is 0.0478. The summed E-state index contributed by atoms with van der Waals surface area (Å²) in [6.45, 7) is 1.85. The number of nitrogens with zero attached hydrogens (tertiary/aromatic N) is 2. The van der Waals surface area contributed by atoms with Gasteiger partial charge in [-0.25, -0.2) is 10.0 Å². The van der Waals surface area contributed by atoms with Gasteiger partial charge in [0.1, 0.15) is 0 Å². The van der Waals surface area contributed by atoms with Crippen LogP contribution in [0.15, 0.2) is 35.3 Å². The molecule has 2 rings (SSSR count). The first-order valence-electron chi connectivity index (χ1n) is 5.51. The van der Waals surface area contributed by atoms with Crippen LogP contribution < -0.4 is 5.43 Å². The summed E-state index contributed by atoms with van der Waals surface area (Å²) in [5, 5.41) is 2.38. The number of amidine groups is 1. The first-order valence-corrected chi connectivity index (χ1v) is 6.74. The minimum Gasteiger partial charge on any atom is -0.273 e. The highest BCUT2D eigenvalue weighted by Crippen LogP contribution is 2.26. The molecule has 5 heteroatoms. The number of amides is 1. The number of thioether (sulfide) groups is 1. The molecule has 0 saturated heterocycles. The highest BCUT2D eigenvalue weighted by atomic mass is 32.2. The number of hydrogen-bond donors (Lipinski definition) is 1. The van der Waals surface area contributed by atoms with Gasteiger partial charge in [0.05, 0.1) is 0 Å². The molecule has 0 fully saturated rings. The number of benzene rings is 1. The van der Waals surface area contributed by atoms with Crippen molar-refractivity contribution in [1.29, 1.82) is 0 Å². The van der Waals surface area contributed by atoms with Gasteiger partial charge in [-0.3, -0.25) is 10.2 Å². The molecule has 0 radical (unpaired) electrons. The fourth-order valence-electron chi connectivity index (χ4n) is 1.68. The fourth-order valence-corrected chi connectivity index (χ4v) is 2.07. The highest BCUT2D eigenvalue weighted by Gasteiger charge is 2.30. The number of hydrazine groups is 1. The first kappa shape index (κ1) is 12.0. The third kappa shape index (κ3) is 2.44. The van der Waals surface area contributed by atoms with Gasteiger partial charge in [0, 0.05) is 6.42 Å². The normalized spacial score (nSPS) is 18.8. The van der Waals surface area contributed by atoms with Crippen LogP contribution in [0.2, 0.25) is 0 Å². The van der Waals surface area contributed by atoms with Gasteiger partial charge in [-0.05, 0) is 11.8 Å². The van der Waals surface area contributed by atoms with Crippen LogP contribution in [-0.4, -0.2) is 22.3 Å². The molecular weight excluding hydrogens is 234 g/mol. The molecule has 1 aliphatic heterocycles. The maximum atomic E-state index is 11.8. The molecule has 90 valence electrons. The summed E-state index contributed by atoms with van der Waals surface area (Å²) >= 11 is 1.51. The zero-order valence-electron chi connectivity index (χ0n) is 9.88. The molecule has 1 heterocycles. The Morgan fingerprint density at radius 1 is 1.47 bits per heavy atom. The van der Waals surface area contributed by atoms with E-state index in [0.717, 1.165) is 10.7 Å². The second-order valence-electron chi connectivity index (χ2n) is 3.65. The molecule has 1 unspecified atom stereocenters. The quantitative estimate of drug-likeness (QED) is 0.873. The maximum Gasteiger partial charge on any atom is 0.243 e. The zero-order chi connectivity index (χ0) is 12.3. The summed E-state index contributed by atoms with van der Waals surface area (Å²) in [6.07, 6.45) is 2.16. The molecule has 0 aromatic heterocycles. The van der Waals surface area contributed by atoms with Gasteiger partial charge in [0.2, 0.25) is 5.91 Å². The second kappa shape index (κ2) is 5.23. The van der Waals surface area contributed by atoms with Crippen molar-refractivity contribution in [1.82, 2.24) is 10.4 Å². The van der Waals surface area contributed by atoms with Crippen LogP contribution in [0.4, 0.5) is 0 Å². The van der Waals surface area contributed by atoms with E-state index < -0.39 is 0 Å². The summed E-state index contributed by atoms with van der Waals surface area (Å²) in [5.74, 6) is 0.0478. The van der Waals surface area contributed by atoms with E-state index in [9.17, 15) is 4.79 Å². The Bertz CT molecular complexity index is 433. The standard InChI is InChI=1S/C12H15N3OS/c1-3-10(16)15-11(13-12(14-15)17-2)9-7-5-4-6-8-9/h4-8,11H,3H2,1-2H3,(H,13,14). The fraction of sp³-hybridized carbons (Fsp3) is 0.333. The van der Waals surface area contributed by atoms with Gasteiger partial charge in [-0.15, -0.1) is 0 Å². The molecule has 1 atom stereocenters. The Balaban J connectivity index is 2.28. The zero-order valence-corrected chi connectivity index (χ0v) is 10.7. The second-order valence-corrected chi connectivity index (χ2v) is 4.45. The van der Waals surface area contributed by atoms with Crippen LogP contribution in [0.3, 0.4) is 0 Å². The van der Waals surface area contributed by atoms with Crippen LogP contribution in [0, 0.1) is 0 Å². The Morgan fingerprint density at radius 3 is 2.76 bits per heavy atom. The molecule has 1 aromatic rings. The van der Waals surface area contributed by atoms with E-state index in [1.807, 2.05) is 43.5 Å². The molecule has 0 saturated carbocycles. The third-order valence-electron chi connectivity index (χ3n) is 2.56. The maximum absolute atomic E-state index is 11.8. The Hall–Kier alpha value is -1.49. The summed E-state index contributed by atoms with van der Waals surface area (Å²) in [5.41, 5.74) is 4.06. The van der Waals surface area contributed by atoms with Crippen molar-refractivity contribution in [2.24, 2.45) is 4.99 Å². The highest BCUT2D eigenvalue weighted by molar-refractivity contribution is 8.13. The van der Waals surface area contributed by atoms with E-state index in [1.54, 1.807) is 5.01 Å². The van der Waals surface area contributed by atoms with Crippen molar-refractivity contribution in [2.75, 3.05) is 6.26 Å². The van der Waals surface area contributed by atoms with Crippen molar-refractivity contribution in [2.45, 2.75) is 19.5 Å².